The van der Waals surface area contributed by atoms with Gasteiger partial charge in [-0.3, -0.25) is 9.97 Å². The lowest BCUT2D eigenvalue weighted by atomic mass is 9.91. The number of fused-ring (bicyclic) bond motifs is 9. The number of hydrogen-bond donors (Lipinski definition) is 0. The van der Waals surface area contributed by atoms with Crippen LogP contribution in [-0.2, 0) is 0 Å². The van der Waals surface area contributed by atoms with Gasteiger partial charge in [0.05, 0.1) is 31.6 Å². The summed E-state index contributed by atoms with van der Waals surface area (Å²) in [5.41, 5.74) is 14.6. The Labute approximate surface area is 296 Å². The standard InChI is InChI=1S/C46H30N4Si/c1-3-11-31(12-4-1)49-39-17-9-7-15-33(39)35-23-29(19-21-41(35)49)37-25-47-27-43-45(37)46-38(26-48-28-44(46)51-43)30-20-22-42-36(24-30)34-16-8-10-18-40(34)50(42)32-13-5-2-6-14-32/h1-28H,51H2. The highest BCUT2D eigenvalue weighted by molar-refractivity contribution is 6.74. The molecule has 0 saturated carbocycles. The lowest BCUT2D eigenvalue weighted by Crippen LogP contribution is -2.21. The van der Waals surface area contributed by atoms with Crippen LogP contribution in [0.1, 0.15) is 0 Å². The lowest BCUT2D eigenvalue weighted by molar-refractivity contribution is 1.18. The van der Waals surface area contributed by atoms with Gasteiger partial charge in [-0.05, 0) is 93.3 Å². The second-order valence-corrected chi connectivity index (χ2v) is 15.3. The van der Waals surface area contributed by atoms with Gasteiger partial charge in [-0.25, -0.2) is 0 Å². The van der Waals surface area contributed by atoms with Gasteiger partial charge in [0, 0.05) is 68.8 Å². The van der Waals surface area contributed by atoms with Gasteiger partial charge in [0.1, 0.15) is 0 Å². The molecule has 6 aromatic carbocycles. The van der Waals surface area contributed by atoms with E-state index in [1.807, 2.05) is 0 Å². The minimum atomic E-state index is -0.757. The average Bonchev–Trinajstić information content (AvgIpc) is 3.86. The van der Waals surface area contributed by atoms with Crippen LogP contribution in [0.5, 0.6) is 0 Å². The molecule has 0 unspecified atom stereocenters. The number of pyridine rings is 2. The molecule has 238 valence electrons. The molecule has 0 amide bonds. The summed E-state index contributed by atoms with van der Waals surface area (Å²) in [6.45, 7) is 0. The van der Waals surface area contributed by atoms with E-state index < -0.39 is 9.52 Å². The van der Waals surface area contributed by atoms with Crippen molar-refractivity contribution in [1.82, 2.24) is 19.1 Å². The van der Waals surface area contributed by atoms with E-state index in [2.05, 4.69) is 180 Å². The van der Waals surface area contributed by atoms with Crippen LogP contribution in [0.25, 0.3) is 88.4 Å². The minimum absolute atomic E-state index is 0.757. The van der Waals surface area contributed by atoms with Crippen molar-refractivity contribution in [3.05, 3.63) is 170 Å². The van der Waals surface area contributed by atoms with Gasteiger partial charge in [-0.15, -0.1) is 0 Å². The number of nitrogens with zero attached hydrogens (tertiary/aromatic N) is 4. The van der Waals surface area contributed by atoms with E-state index in [9.17, 15) is 0 Å². The van der Waals surface area contributed by atoms with Gasteiger partial charge in [-0.1, -0.05) is 84.9 Å². The number of aromatic nitrogens is 4. The molecule has 0 fully saturated rings. The zero-order chi connectivity index (χ0) is 33.5. The zero-order valence-electron chi connectivity index (χ0n) is 27.7. The zero-order valence-corrected chi connectivity index (χ0v) is 29.1. The summed E-state index contributed by atoms with van der Waals surface area (Å²) in [7, 11) is -0.757. The Morgan fingerprint density at radius 2 is 0.784 bits per heavy atom. The molecule has 0 radical (unpaired) electrons. The highest BCUT2D eigenvalue weighted by Gasteiger charge is 2.27. The lowest BCUT2D eigenvalue weighted by Gasteiger charge is -2.15. The van der Waals surface area contributed by atoms with Gasteiger partial charge in [0.25, 0.3) is 0 Å². The van der Waals surface area contributed by atoms with Crippen molar-refractivity contribution in [3.63, 3.8) is 0 Å². The Hall–Kier alpha value is -6.56. The molecular weight excluding hydrogens is 637 g/mol. The van der Waals surface area contributed by atoms with Gasteiger partial charge in [-0.2, -0.15) is 0 Å². The highest BCUT2D eigenvalue weighted by atomic mass is 28.2. The summed E-state index contributed by atoms with van der Waals surface area (Å²) in [5, 5.41) is 7.75. The molecule has 4 aromatic heterocycles. The third-order valence-electron chi connectivity index (χ3n) is 10.7. The first-order chi connectivity index (χ1) is 25.3. The molecule has 5 heterocycles. The molecule has 0 saturated heterocycles. The highest BCUT2D eigenvalue weighted by Crippen LogP contribution is 2.42. The van der Waals surface area contributed by atoms with Crippen LogP contribution in [0.2, 0.25) is 0 Å². The third kappa shape index (κ3) is 4.19. The number of hydrogen-bond acceptors (Lipinski definition) is 2. The molecule has 0 atom stereocenters. The monoisotopic (exact) mass is 666 g/mol. The predicted octanol–water partition coefficient (Wildman–Crippen LogP) is 9.10. The Bertz CT molecular complexity index is 2790. The first-order valence-corrected chi connectivity index (χ1v) is 18.9. The number of benzene rings is 6. The molecular formula is C46H30N4Si. The molecule has 0 aliphatic carbocycles. The maximum absolute atomic E-state index is 4.83. The Kier molecular flexibility index (Phi) is 6.09. The van der Waals surface area contributed by atoms with E-state index in [1.165, 1.54) is 98.7 Å². The van der Waals surface area contributed by atoms with Crippen molar-refractivity contribution in [3.8, 4) is 44.8 Å². The van der Waals surface area contributed by atoms with Crippen LogP contribution in [0.4, 0.5) is 0 Å². The van der Waals surface area contributed by atoms with Gasteiger partial charge in [0.15, 0.2) is 0 Å². The van der Waals surface area contributed by atoms with E-state index in [-0.39, 0.29) is 0 Å². The quantitative estimate of drug-likeness (QED) is 0.176. The summed E-state index contributed by atoms with van der Waals surface area (Å²) >= 11 is 0. The summed E-state index contributed by atoms with van der Waals surface area (Å²) in [5.74, 6) is 0. The van der Waals surface area contributed by atoms with Gasteiger partial charge >= 0.3 is 0 Å². The van der Waals surface area contributed by atoms with Crippen LogP contribution in [0.15, 0.2) is 170 Å². The predicted molar refractivity (Wildman–Crippen MR) is 215 cm³/mol. The SMILES string of the molecule is c1ccc(-n2c3ccccc3c3cc(-c4cncc5c4-c4c(cncc4-c4ccc6c(c4)c4ccccc4n6-c4ccccc4)[SiH2]5)ccc32)cc1. The fourth-order valence-electron chi connectivity index (χ4n) is 8.50. The van der Waals surface area contributed by atoms with Crippen molar-refractivity contribution in [2.75, 3.05) is 0 Å². The summed E-state index contributed by atoms with van der Waals surface area (Å²) in [4.78, 5) is 9.65. The van der Waals surface area contributed by atoms with Gasteiger partial charge < -0.3 is 9.13 Å². The van der Waals surface area contributed by atoms with Crippen LogP contribution in [0.3, 0.4) is 0 Å². The summed E-state index contributed by atoms with van der Waals surface area (Å²) < 4.78 is 4.75. The van der Waals surface area contributed by atoms with Crippen LogP contribution in [-0.4, -0.2) is 28.6 Å². The van der Waals surface area contributed by atoms with Crippen LogP contribution < -0.4 is 10.4 Å². The maximum atomic E-state index is 4.83. The minimum Gasteiger partial charge on any atom is -0.309 e. The fourth-order valence-corrected chi connectivity index (χ4v) is 10.4. The molecule has 4 nitrogen and oxygen atoms in total. The van der Waals surface area contributed by atoms with Crippen molar-refractivity contribution in [1.29, 1.82) is 0 Å². The molecule has 10 aromatic rings. The Balaban J connectivity index is 1.11. The molecule has 0 bridgehead atoms. The van der Waals surface area contributed by atoms with E-state index in [0.29, 0.717) is 0 Å². The average molecular weight is 667 g/mol. The van der Waals surface area contributed by atoms with Crippen molar-refractivity contribution >= 4 is 63.5 Å². The van der Waals surface area contributed by atoms with E-state index >= 15 is 0 Å². The van der Waals surface area contributed by atoms with Crippen LogP contribution >= 0.6 is 0 Å². The molecule has 0 spiro atoms. The van der Waals surface area contributed by atoms with E-state index in [4.69, 9.17) is 9.97 Å². The largest absolute Gasteiger partial charge is 0.309 e. The van der Waals surface area contributed by atoms with Crippen LogP contribution in [0, 0.1) is 0 Å². The second-order valence-electron chi connectivity index (χ2n) is 13.5. The number of rotatable bonds is 4. The molecule has 11 rings (SSSR count). The molecule has 1 aliphatic rings. The first-order valence-electron chi connectivity index (χ1n) is 17.4. The Morgan fingerprint density at radius 3 is 1.25 bits per heavy atom. The first kappa shape index (κ1) is 28.3. The van der Waals surface area contributed by atoms with Crippen molar-refractivity contribution < 1.29 is 0 Å². The second kappa shape index (κ2) is 11.0. The maximum Gasteiger partial charge on any atom is 0.0932 e. The van der Waals surface area contributed by atoms with E-state index in [1.54, 1.807) is 0 Å². The molecule has 0 N–H and O–H groups in total. The van der Waals surface area contributed by atoms with Gasteiger partial charge in [0.2, 0.25) is 0 Å². The normalized spacial score (nSPS) is 12.2. The topological polar surface area (TPSA) is 35.6 Å². The fraction of sp³-hybridized carbons (Fsp3) is 0. The van der Waals surface area contributed by atoms with Crippen molar-refractivity contribution in [2.24, 2.45) is 0 Å². The smallest absolute Gasteiger partial charge is 0.0932 e. The summed E-state index contributed by atoms with van der Waals surface area (Å²) in [6.07, 6.45) is 8.35. The Morgan fingerprint density at radius 1 is 0.373 bits per heavy atom. The third-order valence-corrected chi connectivity index (χ3v) is 12.5. The molecule has 5 heteroatoms. The van der Waals surface area contributed by atoms with E-state index in [0.717, 1.165) is 0 Å². The summed E-state index contributed by atoms with van der Waals surface area (Å²) in [6, 6.07) is 52.6. The van der Waals surface area contributed by atoms with Crippen molar-refractivity contribution in [2.45, 2.75) is 0 Å². The molecule has 1 aliphatic heterocycles. The molecule has 51 heavy (non-hydrogen) atoms. The number of para-hydroxylation sites is 4.